The molecule has 0 bridgehead atoms. The molecule has 0 N–H and O–H groups in total. The molecule has 0 saturated carbocycles. The van der Waals surface area contributed by atoms with E-state index in [1.54, 1.807) is 27.7 Å². The summed E-state index contributed by atoms with van der Waals surface area (Å²) in [5.41, 5.74) is -4.60. The predicted octanol–water partition coefficient (Wildman–Crippen LogP) is 8.42. The van der Waals surface area contributed by atoms with Crippen LogP contribution in [0.5, 0.6) is 5.75 Å². The summed E-state index contributed by atoms with van der Waals surface area (Å²) < 4.78 is 146. The van der Waals surface area contributed by atoms with Crippen molar-refractivity contribution in [3.63, 3.8) is 0 Å². The average molecular weight is 624 g/mol. The molecule has 1 saturated heterocycles. The van der Waals surface area contributed by atoms with Crippen molar-refractivity contribution in [3.8, 4) is 28.0 Å². The van der Waals surface area contributed by atoms with E-state index in [1.807, 2.05) is 0 Å². The van der Waals surface area contributed by atoms with Gasteiger partial charge in [-0.3, -0.25) is 0 Å². The van der Waals surface area contributed by atoms with Crippen molar-refractivity contribution in [2.45, 2.75) is 45.0 Å². The molecule has 5 rings (SSSR count). The van der Waals surface area contributed by atoms with E-state index in [2.05, 4.69) is 4.74 Å². The summed E-state index contributed by atoms with van der Waals surface area (Å²) in [5.74, 6) is -11.7. The molecule has 3 nitrogen and oxygen atoms in total. The van der Waals surface area contributed by atoms with Gasteiger partial charge in [0.25, 0.3) is 0 Å². The average Bonchev–Trinajstić information content (AvgIpc) is 3.12. The van der Waals surface area contributed by atoms with Crippen LogP contribution in [0.4, 0.5) is 39.5 Å². The fraction of sp³-hybridized carbons (Fsp3) is 0.226. The molecule has 230 valence electrons. The number of halogens is 9. The molecule has 0 unspecified atom stereocenters. The third kappa shape index (κ3) is 5.66. The van der Waals surface area contributed by atoms with Crippen molar-refractivity contribution in [1.82, 2.24) is 0 Å². The maximum Gasteiger partial charge on any atom is 0.494 e. The van der Waals surface area contributed by atoms with Gasteiger partial charge in [-0.1, -0.05) is 12.1 Å². The van der Waals surface area contributed by atoms with Crippen molar-refractivity contribution in [3.05, 3.63) is 107 Å². The smallest absolute Gasteiger partial charge is 0.429 e. The Morgan fingerprint density at radius 3 is 1.52 bits per heavy atom. The van der Waals surface area contributed by atoms with Crippen LogP contribution in [-0.4, -0.2) is 18.3 Å². The SMILES string of the molecule is CC1(C)OB(c2ccc(-c3cc(F)c(C(F)(F)Oc4ccc(-c5cc(F)c(F)c(F)c5)c(F)c4)c(F)c3)c(F)c2)OC1(C)C. The highest BCUT2D eigenvalue weighted by Gasteiger charge is 2.51. The van der Waals surface area contributed by atoms with Gasteiger partial charge < -0.3 is 14.0 Å². The first-order chi connectivity index (χ1) is 20.4. The Labute approximate surface area is 246 Å². The van der Waals surface area contributed by atoms with Crippen LogP contribution in [0.15, 0.2) is 60.7 Å². The van der Waals surface area contributed by atoms with E-state index in [0.29, 0.717) is 30.3 Å². The second-order valence-electron chi connectivity index (χ2n) is 11.2. The van der Waals surface area contributed by atoms with E-state index in [-0.39, 0.29) is 11.0 Å². The van der Waals surface area contributed by atoms with Crippen LogP contribution in [0, 0.1) is 40.7 Å². The number of hydrogen-bond donors (Lipinski definition) is 0. The second kappa shape index (κ2) is 10.9. The number of rotatable bonds is 6. The van der Waals surface area contributed by atoms with Crippen LogP contribution in [-0.2, 0) is 15.4 Å². The highest BCUT2D eigenvalue weighted by molar-refractivity contribution is 6.62. The van der Waals surface area contributed by atoms with E-state index in [9.17, 15) is 35.1 Å². The number of alkyl halides is 2. The number of hydrogen-bond acceptors (Lipinski definition) is 3. The largest absolute Gasteiger partial charge is 0.494 e. The highest BCUT2D eigenvalue weighted by Crippen LogP contribution is 2.39. The standard InChI is InChI=1S/C31H22BF9O3/c1-29(2)30(3,4)44-32(43-29)17-5-7-19(21(33)13-17)15-9-23(35)27(24(36)10-15)31(40,41)42-18-6-8-20(22(34)14-18)16-11-25(37)28(39)26(38)12-16/h5-14H,1-4H3. The van der Waals surface area contributed by atoms with Crippen LogP contribution in [0.25, 0.3) is 22.3 Å². The minimum absolute atomic E-state index is 0.287. The molecule has 0 amide bonds. The van der Waals surface area contributed by atoms with Gasteiger partial charge in [-0.05, 0) is 86.7 Å². The fourth-order valence-electron chi connectivity index (χ4n) is 4.60. The zero-order valence-electron chi connectivity index (χ0n) is 23.5. The molecule has 44 heavy (non-hydrogen) atoms. The molecular weight excluding hydrogens is 602 g/mol. The van der Waals surface area contributed by atoms with Gasteiger partial charge >= 0.3 is 13.2 Å². The number of benzene rings is 4. The quantitative estimate of drug-likeness (QED) is 0.123. The van der Waals surface area contributed by atoms with Gasteiger partial charge in [0.2, 0.25) is 0 Å². The Bertz CT molecular complexity index is 1710. The van der Waals surface area contributed by atoms with Crippen molar-refractivity contribution >= 4 is 12.6 Å². The Morgan fingerprint density at radius 2 is 1.05 bits per heavy atom. The van der Waals surface area contributed by atoms with Gasteiger partial charge in [0.05, 0.1) is 11.2 Å². The van der Waals surface area contributed by atoms with Gasteiger partial charge in [0, 0.05) is 17.2 Å². The van der Waals surface area contributed by atoms with Gasteiger partial charge in [0.15, 0.2) is 17.5 Å². The van der Waals surface area contributed by atoms with Gasteiger partial charge in [0.1, 0.15) is 34.6 Å². The molecule has 13 heteroatoms. The minimum atomic E-state index is -4.69. The van der Waals surface area contributed by atoms with Crippen LogP contribution in [0.2, 0.25) is 0 Å². The van der Waals surface area contributed by atoms with E-state index in [4.69, 9.17) is 9.31 Å². The molecular formula is C31H22BF9O3. The minimum Gasteiger partial charge on any atom is -0.429 e. The molecule has 0 spiro atoms. The maximum absolute atomic E-state index is 15.1. The van der Waals surface area contributed by atoms with Crippen molar-refractivity contribution in [1.29, 1.82) is 0 Å². The van der Waals surface area contributed by atoms with Crippen LogP contribution >= 0.6 is 0 Å². The Morgan fingerprint density at radius 1 is 0.591 bits per heavy atom. The molecule has 0 radical (unpaired) electrons. The van der Waals surface area contributed by atoms with E-state index in [0.717, 1.165) is 18.2 Å². The Balaban J connectivity index is 1.39. The van der Waals surface area contributed by atoms with Crippen molar-refractivity contribution in [2.24, 2.45) is 0 Å². The second-order valence-corrected chi connectivity index (χ2v) is 11.2. The van der Waals surface area contributed by atoms with Crippen molar-refractivity contribution in [2.75, 3.05) is 0 Å². The van der Waals surface area contributed by atoms with Gasteiger partial charge in [-0.2, -0.15) is 8.78 Å². The van der Waals surface area contributed by atoms with Crippen LogP contribution < -0.4 is 10.2 Å². The Kier molecular flexibility index (Phi) is 7.78. The zero-order valence-corrected chi connectivity index (χ0v) is 23.5. The van der Waals surface area contributed by atoms with Crippen LogP contribution in [0.1, 0.15) is 33.3 Å². The van der Waals surface area contributed by atoms with Crippen LogP contribution in [0.3, 0.4) is 0 Å². The highest BCUT2D eigenvalue weighted by atomic mass is 19.3. The van der Waals surface area contributed by atoms with E-state index in [1.165, 1.54) is 12.1 Å². The monoisotopic (exact) mass is 624 g/mol. The first-order valence-electron chi connectivity index (χ1n) is 13.1. The van der Waals surface area contributed by atoms with E-state index < -0.39 is 93.2 Å². The maximum atomic E-state index is 15.1. The third-order valence-electron chi connectivity index (χ3n) is 7.64. The predicted molar refractivity (Wildman–Crippen MR) is 144 cm³/mol. The summed E-state index contributed by atoms with van der Waals surface area (Å²) in [6.45, 7) is 7.20. The topological polar surface area (TPSA) is 27.7 Å². The summed E-state index contributed by atoms with van der Waals surface area (Å²) >= 11 is 0. The number of ether oxygens (including phenoxy) is 1. The molecule has 1 aliphatic rings. The molecule has 1 heterocycles. The molecule has 4 aromatic rings. The lowest BCUT2D eigenvalue weighted by atomic mass is 9.78. The summed E-state index contributed by atoms with van der Waals surface area (Å²) in [5, 5.41) is 0. The van der Waals surface area contributed by atoms with Crippen molar-refractivity contribution < 1.29 is 53.6 Å². The fourth-order valence-corrected chi connectivity index (χ4v) is 4.60. The summed E-state index contributed by atoms with van der Waals surface area (Å²) in [7, 11) is -0.924. The van der Waals surface area contributed by atoms with Gasteiger partial charge in [-0.15, -0.1) is 0 Å². The third-order valence-corrected chi connectivity index (χ3v) is 7.64. The lowest BCUT2D eigenvalue weighted by molar-refractivity contribution is -0.189. The first kappa shape index (κ1) is 31.5. The summed E-state index contributed by atoms with van der Waals surface area (Å²) in [6, 6.07) is 7.57. The Hall–Kier alpha value is -3.97. The molecule has 1 fully saturated rings. The lowest BCUT2D eigenvalue weighted by Crippen LogP contribution is -2.41. The molecule has 0 atom stereocenters. The molecule has 1 aliphatic heterocycles. The molecule has 0 aromatic heterocycles. The van der Waals surface area contributed by atoms with Gasteiger partial charge in [-0.25, -0.2) is 30.7 Å². The molecule has 0 aliphatic carbocycles. The summed E-state index contributed by atoms with van der Waals surface area (Å²) in [6.07, 6.45) is -4.69. The normalized spacial score (nSPS) is 16.0. The first-order valence-corrected chi connectivity index (χ1v) is 13.1. The van der Waals surface area contributed by atoms with E-state index >= 15 is 4.39 Å². The lowest BCUT2D eigenvalue weighted by Gasteiger charge is -2.32. The molecule has 4 aromatic carbocycles. The zero-order chi connectivity index (χ0) is 32.4. The summed E-state index contributed by atoms with van der Waals surface area (Å²) in [4.78, 5) is 0.